The van der Waals surface area contributed by atoms with Crippen molar-refractivity contribution in [2.24, 2.45) is 11.1 Å². The SMILES string of the molecule is c1ccc(CO/N=C2\c3ccccc3CCC2Cn2cncn2)cc1. The molecule has 2 aromatic carbocycles. The molecule has 0 spiro atoms. The summed E-state index contributed by atoms with van der Waals surface area (Å²) >= 11 is 0. The molecular formula is C20H20N4O. The average Bonchev–Trinajstić information content (AvgIpc) is 3.17. The van der Waals surface area contributed by atoms with Crippen LogP contribution in [0.4, 0.5) is 0 Å². The molecule has 4 rings (SSSR count). The van der Waals surface area contributed by atoms with Gasteiger partial charge in [0, 0.05) is 11.5 Å². The Bertz CT molecular complexity index is 843. The van der Waals surface area contributed by atoms with E-state index >= 15 is 0 Å². The highest BCUT2D eigenvalue weighted by Gasteiger charge is 2.26. The van der Waals surface area contributed by atoms with E-state index < -0.39 is 0 Å². The second kappa shape index (κ2) is 7.30. The lowest BCUT2D eigenvalue weighted by atomic mass is 9.82. The Kier molecular flexibility index (Phi) is 4.55. The van der Waals surface area contributed by atoms with Gasteiger partial charge >= 0.3 is 0 Å². The Morgan fingerprint density at radius 2 is 1.92 bits per heavy atom. The van der Waals surface area contributed by atoms with Crippen LogP contribution in [0.5, 0.6) is 0 Å². The van der Waals surface area contributed by atoms with Crippen LogP contribution in [0.3, 0.4) is 0 Å². The Morgan fingerprint density at radius 3 is 2.76 bits per heavy atom. The van der Waals surface area contributed by atoms with Gasteiger partial charge in [0.05, 0.1) is 12.3 Å². The van der Waals surface area contributed by atoms with Crippen molar-refractivity contribution in [3.63, 3.8) is 0 Å². The second-order valence-corrected chi connectivity index (χ2v) is 6.25. The first-order valence-corrected chi connectivity index (χ1v) is 8.54. The number of oxime groups is 1. The van der Waals surface area contributed by atoms with Crippen molar-refractivity contribution in [2.45, 2.75) is 26.0 Å². The molecule has 0 saturated carbocycles. The molecule has 0 saturated heterocycles. The summed E-state index contributed by atoms with van der Waals surface area (Å²) in [6.07, 6.45) is 5.40. The zero-order valence-corrected chi connectivity index (χ0v) is 14.0. The van der Waals surface area contributed by atoms with Crippen molar-refractivity contribution in [3.8, 4) is 0 Å². The van der Waals surface area contributed by atoms with E-state index in [1.165, 1.54) is 11.1 Å². The van der Waals surface area contributed by atoms with Crippen molar-refractivity contribution in [1.82, 2.24) is 14.8 Å². The van der Waals surface area contributed by atoms with E-state index in [0.717, 1.165) is 30.7 Å². The van der Waals surface area contributed by atoms with Gasteiger partial charge in [0.2, 0.25) is 0 Å². The Balaban J connectivity index is 1.57. The maximum atomic E-state index is 5.71. The molecule has 25 heavy (non-hydrogen) atoms. The molecule has 0 N–H and O–H groups in total. The fourth-order valence-corrected chi connectivity index (χ4v) is 3.28. The average molecular weight is 332 g/mol. The topological polar surface area (TPSA) is 52.3 Å². The summed E-state index contributed by atoms with van der Waals surface area (Å²) < 4.78 is 1.87. The van der Waals surface area contributed by atoms with Crippen molar-refractivity contribution in [3.05, 3.63) is 83.9 Å². The van der Waals surface area contributed by atoms with Gasteiger partial charge < -0.3 is 4.84 Å². The highest BCUT2D eigenvalue weighted by molar-refractivity contribution is 6.04. The lowest BCUT2D eigenvalue weighted by Gasteiger charge is -2.26. The number of aromatic nitrogens is 3. The molecule has 1 aliphatic carbocycles. The maximum absolute atomic E-state index is 5.71. The molecule has 1 unspecified atom stereocenters. The molecular weight excluding hydrogens is 312 g/mol. The van der Waals surface area contributed by atoms with Gasteiger partial charge in [-0.05, 0) is 24.0 Å². The Morgan fingerprint density at radius 1 is 1.08 bits per heavy atom. The lowest BCUT2D eigenvalue weighted by molar-refractivity contribution is 0.128. The summed E-state index contributed by atoms with van der Waals surface area (Å²) in [4.78, 5) is 9.75. The van der Waals surface area contributed by atoms with Gasteiger partial charge in [0.1, 0.15) is 19.3 Å². The van der Waals surface area contributed by atoms with Gasteiger partial charge in [-0.3, -0.25) is 4.68 Å². The predicted octanol–water partition coefficient (Wildman–Crippen LogP) is 3.46. The van der Waals surface area contributed by atoms with E-state index in [9.17, 15) is 0 Å². The molecule has 1 aromatic heterocycles. The lowest BCUT2D eigenvalue weighted by Crippen LogP contribution is -2.28. The highest BCUT2D eigenvalue weighted by Crippen LogP contribution is 2.27. The van der Waals surface area contributed by atoms with Gasteiger partial charge in [-0.1, -0.05) is 59.8 Å². The van der Waals surface area contributed by atoms with Crippen molar-refractivity contribution < 1.29 is 4.84 Å². The van der Waals surface area contributed by atoms with Crippen LogP contribution in [-0.2, 0) is 24.4 Å². The van der Waals surface area contributed by atoms with E-state index in [4.69, 9.17) is 4.84 Å². The summed E-state index contributed by atoms with van der Waals surface area (Å²) in [5, 5.41) is 8.78. The van der Waals surface area contributed by atoms with Crippen molar-refractivity contribution >= 4 is 5.71 Å². The molecule has 1 heterocycles. The number of rotatable bonds is 5. The van der Waals surface area contributed by atoms with Gasteiger partial charge in [-0.15, -0.1) is 0 Å². The molecule has 1 atom stereocenters. The van der Waals surface area contributed by atoms with Gasteiger partial charge in [0.15, 0.2) is 0 Å². The van der Waals surface area contributed by atoms with Gasteiger partial charge in [0.25, 0.3) is 0 Å². The molecule has 1 aliphatic rings. The quantitative estimate of drug-likeness (QED) is 0.672. The molecule has 0 bridgehead atoms. The predicted molar refractivity (Wildman–Crippen MR) is 96.0 cm³/mol. The van der Waals surface area contributed by atoms with Crippen LogP contribution in [0.25, 0.3) is 0 Å². The van der Waals surface area contributed by atoms with E-state index in [1.54, 1.807) is 12.7 Å². The van der Waals surface area contributed by atoms with Crippen LogP contribution in [-0.4, -0.2) is 20.5 Å². The summed E-state index contributed by atoms with van der Waals surface area (Å²) in [6, 6.07) is 18.6. The summed E-state index contributed by atoms with van der Waals surface area (Å²) in [7, 11) is 0. The first kappa shape index (κ1) is 15.6. The second-order valence-electron chi connectivity index (χ2n) is 6.25. The highest BCUT2D eigenvalue weighted by atomic mass is 16.6. The fraction of sp³-hybridized carbons (Fsp3) is 0.250. The number of hydrogen-bond acceptors (Lipinski definition) is 4. The molecule has 126 valence electrons. The molecule has 5 nitrogen and oxygen atoms in total. The third-order valence-corrected chi connectivity index (χ3v) is 4.55. The van der Waals surface area contributed by atoms with Crippen LogP contribution < -0.4 is 0 Å². The Labute approximate surface area is 147 Å². The maximum Gasteiger partial charge on any atom is 0.142 e. The minimum atomic E-state index is 0.271. The number of hydrogen-bond donors (Lipinski definition) is 0. The summed E-state index contributed by atoms with van der Waals surface area (Å²) in [6.45, 7) is 1.24. The first-order chi connectivity index (χ1) is 12.4. The monoisotopic (exact) mass is 332 g/mol. The van der Waals surface area contributed by atoms with Crippen LogP contribution in [0.15, 0.2) is 72.4 Å². The number of benzene rings is 2. The number of fused-ring (bicyclic) bond motifs is 1. The molecule has 0 amide bonds. The number of aryl methyl sites for hydroxylation is 1. The molecule has 0 fully saturated rings. The summed E-state index contributed by atoms with van der Waals surface area (Å²) in [5.41, 5.74) is 4.64. The van der Waals surface area contributed by atoms with Crippen LogP contribution in [0.2, 0.25) is 0 Å². The van der Waals surface area contributed by atoms with E-state index in [2.05, 4.69) is 39.5 Å². The minimum Gasteiger partial charge on any atom is -0.391 e. The normalized spacial score (nSPS) is 18.1. The largest absolute Gasteiger partial charge is 0.391 e. The van der Waals surface area contributed by atoms with Crippen molar-refractivity contribution in [1.29, 1.82) is 0 Å². The third kappa shape index (κ3) is 3.60. The van der Waals surface area contributed by atoms with Crippen LogP contribution in [0.1, 0.15) is 23.1 Å². The Hall–Kier alpha value is -2.95. The zero-order valence-electron chi connectivity index (χ0n) is 14.0. The van der Waals surface area contributed by atoms with Crippen LogP contribution >= 0.6 is 0 Å². The smallest absolute Gasteiger partial charge is 0.142 e. The standard InChI is InChI=1S/C20H20N4O/c1-2-6-16(7-3-1)13-25-23-20-18(12-24-15-21-14-22-24)11-10-17-8-4-5-9-19(17)20/h1-9,14-15,18H,10-13H2/b23-20-. The molecule has 5 heteroatoms. The molecule has 0 radical (unpaired) electrons. The van der Waals surface area contributed by atoms with E-state index in [-0.39, 0.29) is 5.92 Å². The van der Waals surface area contributed by atoms with Gasteiger partial charge in [-0.2, -0.15) is 5.10 Å². The van der Waals surface area contributed by atoms with Gasteiger partial charge in [-0.25, -0.2) is 4.98 Å². The zero-order chi connectivity index (χ0) is 16.9. The summed E-state index contributed by atoms with van der Waals surface area (Å²) in [5.74, 6) is 0.271. The van der Waals surface area contributed by atoms with E-state index in [0.29, 0.717) is 6.61 Å². The number of nitrogens with zero attached hydrogens (tertiary/aromatic N) is 4. The van der Waals surface area contributed by atoms with Crippen LogP contribution in [0, 0.1) is 5.92 Å². The fourth-order valence-electron chi connectivity index (χ4n) is 3.28. The molecule has 0 aliphatic heterocycles. The molecule has 3 aromatic rings. The third-order valence-electron chi connectivity index (χ3n) is 4.55. The first-order valence-electron chi connectivity index (χ1n) is 8.54. The van der Waals surface area contributed by atoms with E-state index in [1.807, 2.05) is 35.0 Å². The minimum absolute atomic E-state index is 0.271. The van der Waals surface area contributed by atoms with Crippen molar-refractivity contribution in [2.75, 3.05) is 0 Å².